The molecule has 1 aromatic rings. The molecule has 0 saturated heterocycles. The van der Waals surface area contributed by atoms with Crippen LogP contribution in [0.3, 0.4) is 0 Å². The summed E-state index contributed by atoms with van der Waals surface area (Å²) < 4.78 is 0. The molecule has 0 radical (unpaired) electrons. The summed E-state index contributed by atoms with van der Waals surface area (Å²) >= 11 is 6.20. The predicted molar refractivity (Wildman–Crippen MR) is 81.9 cm³/mol. The van der Waals surface area contributed by atoms with Gasteiger partial charge in [0.15, 0.2) is 0 Å². The molecular weight excluding hydrogens is 258 g/mol. The Hall–Kier alpha value is -0.800. The zero-order chi connectivity index (χ0) is 13.7. The van der Waals surface area contributed by atoms with Crippen LogP contribution in [0.4, 0.5) is 5.82 Å². The van der Waals surface area contributed by atoms with Crippen LogP contribution in [0.25, 0.3) is 0 Å². The second kappa shape index (κ2) is 7.11. The van der Waals surface area contributed by atoms with Crippen LogP contribution < -0.4 is 10.2 Å². The third kappa shape index (κ3) is 3.83. The first-order chi connectivity index (χ1) is 9.24. The first kappa shape index (κ1) is 14.6. The van der Waals surface area contributed by atoms with Gasteiger partial charge in [-0.15, -0.1) is 0 Å². The third-order valence-electron chi connectivity index (χ3n) is 3.89. The van der Waals surface area contributed by atoms with Gasteiger partial charge in [0.1, 0.15) is 5.82 Å². The average molecular weight is 282 g/mol. The summed E-state index contributed by atoms with van der Waals surface area (Å²) in [6.07, 6.45) is 5.91. The molecule has 1 aliphatic rings. The first-order valence-corrected chi connectivity index (χ1v) is 7.72. The summed E-state index contributed by atoms with van der Waals surface area (Å²) in [7, 11) is 0. The molecule has 0 atom stereocenters. The molecule has 3 nitrogen and oxygen atoms in total. The Morgan fingerprint density at radius 3 is 2.79 bits per heavy atom. The van der Waals surface area contributed by atoms with Gasteiger partial charge in [-0.05, 0) is 43.9 Å². The van der Waals surface area contributed by atoms with E-state index in [2.05, 4.69) is 35.1 Å². The van der Waals surface area contributed by atoms with Gasteiger partial charge in [-0.3, -0.25) is 0 Å². The van der Waals surface area contributed by atoms with E-state index in [1.807, 2.05) is 0 Å². The molecule has 1 fully saturated rings. The van der Waals surface area contributed by atoms with Crippen LogP contribution in [0.15, 0.2) is 12.3 Å². The van der Waals surface area contributed by atoms with Gasteiger partial charge in [-0.1, -0.05) is 24.9 Å². The normalized spacial score (nSPS) is 15.3. The minimum atomic E-state index is 0.754. The van der Waals surface area contributed by atoms with Crippen molar-refractivity contribution in [3.05, 3.63) is 22.8 Å². The van der Waals surface area contributed by atoms with Crippen molar-refractivity contribution in [2.75, 3.05) is 24.5 Å². The highest BCUT2D eigenvalue weighted by Gasteiger charge is 2.21. The maximum atomic E-state index is 6.20. The fraction of sp³-hybridized carbons (Fsp3) is 0.667. The van der Waals surface area contributed by atoms with E-state index in [1.165, 1.54) is 19.3 Å². The molecule has 0 amide bonds. The van der Waals surface area contributed by atoms with Crippen molar-refractivity contribution in [2.45, 2.75) is 39.7 Å². The van der Waals surface area contributed by atoms with Gasteiger partial charge in [0.2, 0.25) is 0 Å². The molecule has 1 saturated carbocycles. The highest BCUT2D eigenvalue weighted by Crippen LogP contribution is 2.29. The Balaban J connectivity index is 2.07. The van der Waals surface area contributed by atoms with Gasteiger partial charge >= 0.3 is 0 Å². The molecular formula is C15H24ClN3. The minimum absolute atomic E-state index is 0.754. The van der Waals surface area contributed by atoms with Crippen molar-refractivity contribution in [1.82, 2.24) is 10.3 Å². The number of hydrogen-bond donors (Lipinski definition) is 1. The Bertz CT molecular complexity index is 404. The summed E-state index contributed by atoms with van der Waals surface area (Å²) in [5, 5.41) is 4.08. The largest absolute Gasteiger partial charge is 0.357 e. The Kier molecular flexibility index (Phi) is 5.46. The quantitative estimate of drug-likeness (QED) is 0.829. The highest BCUT2D eigenvalue weighted by molar-refractivity contribution is 6.31. The van der Waals surface area contributed by atoms with E-state index >= 15 is 0 Å². The summed E-state index contributed by atoms with van der Waals surface area (Å²) in [4.78, 5) is 6.87. The van der Waals surface area contributed by atoms with Gasteiger partial charge in [-0.25, -0.2) is 4.98 Å². The molecule has 0 spiro atoms. The van der Waals surface area contributed by atoms with Crippen LogP contribution in [0.2, 0.25) is 5.02 Å². The second-order valence-electron chi connectivity index (χ2n) is 5.25. The maximum absolute atomic E-state index is 6.20. The second-order valence-corrected chi connectivity index (χ2v) is 5.66. The summed E-state index contributed by atoms with van der Waals surface area (Å²) in [5.74, 6) is 1.92. The molecule has 1 heterocycles. The zero-order valence-electron chi connectivity index (χ0n) is 12.0. The molecule has 0 aliphatic heterocycles. The van der Waals surface area contributed by atoms with Crippen molar-refractivity contribution >= 4 is 17.4 Å². The lowest BCUT2D eigenvalue weighted by atomic mass is 9.85. The van der Waals surface area contributed by atoms with E-state index in [0.717, 1.165) is 48.5 Å². The van der Waals surface area contributed by atoms with E-state index in [-0.39, 0.29) is 0 Å². The van der Waals surface area contributed by atoms with Crippen LogP contribution >= 0.6 is 11.6 Å². The fourth-order valence-corrected chi connectivity index (χ4v) is 2.58. The Labute approximate surface area is 121 Å². The number of aromatic nitrogens is 1. The smallest absolute Gasteiger partial charge is 0.128 e. The van der Waals surface area contributed by atoms with Gasteiger partial charge in [-0.2, -0.15) is 0 Å². The molecule has 0 aromatic carbocycles. The SMILES string of the molecule is CCNCc1cc(N(CC)CC2CCC2)ncc1Cl. The van der Waals surface area contributed by atoms with Crippen molar-refractivity contribution in [3.63, 3.8) is 0 Å². The maximum Gasteiger partial charge on any atom is 0.128 e. The first-order valence-electron chi connectivity index (χ1n) is 7.34. The lowest BCUT2D eigenvalue weighted by molar-refractivity contribution is 0.318. The Morgan fingerprint density at radius 2 is 2.21 bits per heavy atom. The molecule has 1 aromatic heterocycles. The van der Waals surface area contributed by atoms with Crippen LogP contribution in [0.5, 0.6) is 0 Å². The van der Waals surface area contributed by atoms with E-state index < -0.39 is 0 Å². The minimum Gasteiger partial charge on any atom is -0.357 e. The summed E-state index contributed by atoms with van der Waals surface area (Å²) in [6.45, 7) is 8.20. The van der Waals surface area contributed by atoms with Crippen LogP contribution in [0.1, 0.15) is 38.7 Å². The third-order valence-corrected chi connectivity index (χ3v) is 4.24. The number of rotatable bonds is 7. The van der Waals surface area contributed by atoms with Crippen molar-refractivity contribution in [3.8, 4) is 0 Å². The van der Waals surface area contributed by atoms with Crippen LogP contribution in [-0.2, 0) is 6.54 Å². The molecule has 4 heteroatoms. The number of nitrogens with zero attached hydrogens (tertiary/aromatic N) is 2. The standard InChI is InChI=1S/C15H24ClN3/c1-3-17-9-13-8-15(18-10-14(13)16)19(4-2)11-12-6-5-7-12/h8,10,12,17H,3-7,9,11H2,1-2H3. The summed E-state index contributed by atoms with van der Waals surface area (Å²) in [5.41, 5.74) is 1.14. The van der Waals surface area contributed by atoms with Gasteiger partial charge < -0.3 is 10.2 Å². The highest BCUT2D eigenvalue weighted by atomic mass is 35.5. The van der Waals surface area contributed by atoms with E-state index in [4.69, 9.17) is 11.6 Å². The zero-order valence-corrected chi connectivity index (χ0v) is 12.7. The number of nitrogens with one attached hydrogen (secondary N) is 1. The molecule has 0 bridgehead atoms. The van der Waals surface area contributed by atoms with Crippen molar-refractivity contribution in [2.24, 2.45) is 5.92 Å². The number of halogens is 1. The Morgan fingerprint density at radius 1 is 1.42 bits per heavy atom. The summed E-state index contributed by atoms with van der Waals surface area (Å²) in [6, 6.07) is 2.13. The average Bonchev–Trinajstić information content (AvgIpc) is 2.37. The topological polar surface area (TPSA) is 28.2 Å². The molecule has 1 N–H and O–H groups in total. The fourth-order valence-electron chi connectivity index (χ4n) is 2.41. The molecule has 0 unspecified atom stereocenters. The van der Waals surface area contributed by atoms with Gasteiger partial charge in [0.05, 0.1) is 5.02 Å². The monoisotopic (exact) mass is 281 g/mol. The lowest BCUT2D eigenvalue weighted by Gasteiger charge is -2.32. The van der Waals surface area contributed by atoms with E-state index in [1.54, 1.807) is 6.20 Å². The number of pyridine rings is 1. The molecule has 106 valence electrons. The van der Waals surface area contributed by atoms with Crippen LogP contribution in [-0.4, -0.2) is 24.6 Å². The van der Waals surface area contributed by atoms with E-state index in [0.29, 0.717) is 0 Å². The molecule has 19 heavy (non-hydrogen) atoms. The van der Waals surface area contributed by atoms with Gasteiger partial charge in [0, 0.05) is 25.8 Å². The van der Waals surface area contributed by atoms with Crippen LogP contribution in [0, 0.1) is 5.92 Å². The van der Waals surface area contributed by atoms with Gasteiger partial charge in [0.25, 0.3) is 0 Å². The number of hydrogen-bond acceptors (Lipinski definition) is 3. The molecule has 2 rings (SSSR count). The van der Waals surface area contributed by atoms with E-state index in [9.17, 15) is 0 Å². The molecule has 1 aliphatic carbocycles. The predicted octanol–water partition coefficient (Wildman–Crippen LogP) is 3.47. The lowest BCUT2D eigenvalue weighted by Crippen LogP contribution is -2.33. The number of anilines is 1. The van der Waals surface area contributed by atoms with Crippen molar-refractivity contribution in [1.29, 1.82) is 0 Å². The van der Waals surface area contributed by atoms with Crippen molar-refractivity contribution < 1.29 is 0 Å².